The van der Waals surface area contributed by atoms with Crippen LogP contribution in [-0.4, -0.2) is 19.9 Å². The molecule has 0 aliphatic carbocycles. The van der Waals surface area contributed by atoms with Crippen molar-refractivity contribution in [2.45, 2.75) is 0 Å². The summed E-state index contributed by atoms with van der Waals surface area (Å²) < 4.78 is 4.29. The van der Waals surface area contributed by atoms with E-state index in [9.17, 15) is 0 Å². The second kappa shape index (κ2) is 2.49. The molecule has 2 aromatic rings. The summed E-state index contributed by atoms with van der Waals surface area (Å²) in [5, 5.41) is 0. The van der Waals surface area contributed by atoms with Crippen molar-refractivity contribution in [1.29, 1.82) is 0 Å². The lowest BCUT2D eigenvalue weighted by Gasteiger charge is -1.90. The van der Waals surface area contributed by atoms with Crippen LogP contribution in [0.4, 0.5) is 5.95 Å². The standard InChI is InChI=1S/C5H4ClN5O/c6-12-5-8-1-2-3(11-5)10-4(7)9-2/h1H,(H3,7,8,9,10,11). The van der Waals surface area contributed by atoms with Gasteiger partial charge in [0.05, 0.1) is 6.20 Å². The van der Waals surface area contributed by atoms with E-state index in [0.717, 1.165) is 0 Å². The van der Waals surface area contributed by atoms with Crippen molar-refractivity contribution in [3.63, 3.8) is 0 Å². The molecule has 0 radical (unpaired) electrons. The molecule has 0 saturated carbocycles. The molecule has 2 heterocycles. The van der Waals surface area contributed by atoms with Crippen molar-refractivity contribution in [1.82, 2.24) is 19.9 Å². The summed E-state index contributed by atoms with van der Waals surface area (Å²) in [5.74, 6) is 0.283. The lowest BCUT2D eigenvalue weighted by molar-refractivity contribution is 0.564. The van der Waals surface area contributed by atoms with E-state index < -0.39 is 0 Å². The number of hydrogen-bond donors (Lipinski definition) is 2. The summed E-state index contributed by atoms with van der Waals surface area (Å²) in [7, 11) is 0. The Morgan fingerprint density at radius 1 is 1.50 bits per heavy atom. The summed E-state index contributed by atoms with van der Waals surface area (Å²) in [6.07, 6.45) is 1.49. The van der Waals surface area contributed by atoms with Gasteiger partial charge in [0.25, 0.3) is 0 Å². The number of nitrogen functional groups attached to an aromatic ring is 1. The van der Waals surface area contributed by atoms with Crippen molar-refractivity contribution in [2.75, 3.05) is 5.73 Å². The Morgan fingerprint density at radius 2 is 2.33 bits per heavy atom. The summed E-state index contributed by atoms with van der Waals surface area (Å²) in [6.45, 7) is 0. The van der Waals surface area contributed by atoms with Crippen LogP contribution in [0.15, 0.2) is 6.20 Å². The summed E-state index contributed by atoms with van der Waals surface area (Å²) in [4.78, 5) is 14.2. The number of imidazole rings is 1. The SMILES string of the molecule is Nc1nc2nc(OCl)ncc2[nH]1. The number of anilines is 1. The maximum absolute atomic E-state index is 5.37. The van der Waals surface area contributed by atoms with Crippen molar-refractivity contribution in [3.8, 4) is 6.01 Å². The number of halogens is 1. The molecule has 0 aliphatic heterocycles. The number of nitrogens with two attached hydrogens (primary N) is 1. The van der Waals surface area contributed by atoms with Gasteiger partial charge in [-0.2, -0.15) is 9.97 Å². The normalized spacial score (nSPS) is 10.4. The highest BCUT2D eigenvalue weighted by atomic mass is 35.5. The molecule has 7 heteroatoms. The van der Waals surface area contributed by atoms with Gasteiger partial charge in [0.2, 0.25) is 0 Å². The van der Waals surface area contributed by atoms with Gasteiger partial charge in [-0.25, -0.2) is 4.98 Å². The van der Waals surface area contributed by atoms with Crippen LogP contribution in [0.25, 0.3) is 11.2 Å². The van der Waals surface area contributed by atoms with Gasteiger partial charge in [-0.1, -0.05) is 0 Å². The first kappa shape index (κ1) is 7.11. The van der Waals surface area contributed by atoms with E-state index in [2.05, 4.69) is 24.2 Å². The van der Waals surface area contributed by atoms with Gasteiger partial charge in [0, 0.05) is 0 Å². The van der Waals surface area contributed by atoms with Crippen molar-refractivity contribution >= 4 is 29.0 Å². The van der Waals surface area contributed by atoms with Gasteiger partial charge in [0.1, 0.15) is 17.4 Å². The third-order valence-corrected chi connectivity index (χ3v) is 1.44. The Morgan fingerprint density at radius 3 is 3.08 bits per heavy atom. The van der Waals surface area contributed by atoms with Crippen molar-refractivity contribution in [2.24, 2.45) is 0 Å². The summed E-state index contributed by atoms with van der Waals surface area (Å²) in [5.41, 5.74) is 6.45. The van der Waals surface area contributed by atoms with E-state index >= 15 is 0 Å². The maximum Gasteiger partial charge on any atom is 0.337 e. The quantitative estimate of drug-likeness (QED) is 0.674. The molecule has 12 heavy (non-hydrogen) atoms. The van der Waals surface area contributed by atoms with Crippen LogP contribution in [0, 0.1) is 0 Å². The minimum Gasteiger partial charge on any atom is -0.369 e. The number of H-pyrrole nitrogens is 1. The lowest BCUT2D eigenvalue weighted by atomic mass is 10.6. The number of aromatic amines is 1. The number of nitrogens with zero attached hydrogens (tertiary/aromatic N) is 3. The molecule has 0 aliphatic rings. The van der Waals surface area contributed by atoms with Crippen LogP contribution >= 0.6 is 11.9 Å². The fourth-order valence-corrected chi connectivity index (χ4v) is 0.922. The summed E-state index contributed by atoms with van der Waals surface area (Å²) >= 11 is 5.04. The highest BCUT2D eigenvalue weighted by Gasteiger charge is 2.03. The van der Waals surface area contributed by atoms with E-state index in [0.29, 0.717) is 11.2 Å². The zero-order chi connectivity index (χ0) is 8.55. The number of fused-ring (bicyclic) bond motifs is 1. The van der Waals surface area contributed by atoms with Gasteiger partial charge in [-0.05, 0) is 0 Å². The third-order valence-electron chi connectivity index (χ3n) is 1.30. The number of nitrogens with one attached hydrogen (secondary N) is 1. The predicted molar refractivity (Wildman–Crippen MR) is 42.6 cm³/mol. The van der Waals surface area contributed by atoms with Crippen LogP contribution in [0.5, 0.6) is 6.01 Å². The van der Waals surface area contributed by atoms with E-state index in [1.165, 1.54) is 6.20 Å². The van der Waals surface area contributed by atoms with Crippen LogP contribution in [0.3, 0.4) is 0 Å². The smallest absolute Gasteiger partial charge is 0.337 e. The van der Waals surface area contributed by atoms with Gasteiger partial charge < -0.3 is 15.0 Å². The van der Waals surface area contributed by atoms with Crippen LogP contribution in [0.1, 0.15) is 0 Å². The second-order valence-electron chi connectivity index (χ2n) is 2.09. The Labute approximate surface area is 71.9 Å². The fourth-order valence-electron chi connectivity index (χ4n) is 0.848. The molecule has 6 nitrogen and oxygen atoms in total. The highest BCUT2D eigenvalue weighted by molar-refractivity contribution is 6.08. The largest absolute Gasteiger partial charge is 0.369 e. The number of hydrogen-bond acceptors (Lipinski definition) is 5. The molecule has 0 unspecified atom stereocenters. The lowest BCUT2D eigenvalue weighted by Crippen LogP contribution is -1.86. The molecule has 2 rings (SSSR count). The van der Waals surface area contributed by atoms with Gasteiger partial charge >= 0.3 is 6.01 Å². The van der Waals surface area contributed by atoms with E-state index in [1.54, 1.807) is 0 Å². The van der Waals surface area contributed by atoms with E-state index in [1.807, 2.05) is 0 Å². The molecule has 2 aromatic heterocycles. The Kier molecular flexibility index (Phi) is 1.47. The first-order valence-electron chi connectivity index (χ1n) is 3.06. The molecule has 0 aromatic carbocycles. The van der Waals surface area contributed by atoms with E-state index in [4.69, 9.17) is 17.6 Å². The zero-order valence-electron chi connectivity index (χ0n) is 5.78. The van der Waals surface area contributed by atoms with Gasteiger partial charge in [-0.15, -0.1) is 0 Å². The Hall–Kier alpha value is -1.56. The van der Waals surface area contributed by atoms with Crippen molar-refractivity contribution in [3.05, 3.63) is 6.20 Å². The minimum absolute atomic E-state index is 0.0515. The second-order valence-corrected chi connectivity index (χ2v) is 2.24. The topological polar surface area (TPSA) is 89.7 Å². The molecule has 3 N–H and O–H groups in total. The minimum atomic E-state index is 0.0515. The van der Waals surface area contributed by atoms with Crippen LogP contribution < -0.4 is 10.0 Å². The molecule has 62 valence electrons. The summed E-state index contributed by atoms with van der Waals surface area (Å²) in [6, 6.07) is 0.0515. The number of rotatable bonds is 1. The molecule has 0 bridgehead atoms. The predicted octanol–water partition coefficient (Wildman–Crippen LogP) is 0.468. The average molecular weight is 186 g/mol. The first-order valence-corrected chi connectivity index (χ1v) is 3.37. The monoisotopic (exact) mass is 185 g/mol. The molecular weight excluding hydrogens is 182 g/mol. The molecule has 0 saturated heterocycles. The zero-order valence-corrected chi connectivity index (χ0v) is 6.54. The van der Waals surface area contributed by atoms with Crippen LogP contribution in [0.2, 0.25) is 0 Å². The van der Waals surface area contributed by atoms with E-state index in [-0.39, 0.29) is 12.0 Å². The van der Waals surface area contributed by atoms with Crippen LogP contribution in [-0.2, 0) is 0 Å². The highest BCUT2D eigenvalue weighted by Crippen LogP contribution is 2.12. The van der Waals surface area contributed by atoms with Gasteiger partial charge in [0.15, 0.2) is 11.6 Å². The molecular formula is C5H4ClN5O. The maximum atomic E-state index is 5.37. The van der Waals surface area contributed by atoms with Gasteiger partial charge in [-0.3, -0.25) is 0 Å². The molecule has 0 atom stereocenters. The first-order chi connectivity index (χ1) is 5.79. The Bertz CT molecular complexity index is 413. The Balaban J connectivity index is 2.66. The average Bonchev–Trinajstić information content (AvgIpc) is 2.43. The van der Waals surface area contributed by atoms with Crippen molar-refractivity contribution < 1.29 is 4.29 Å². The third kappa shape index (κ3) is 1.02. The molecule has 0 fully saturated rings. The fraction of sp³-hybridized carbons (Fsp3) is 0. The molecule has 0 amide bonds. The number of aromatic nitrogens is 4. The molecule has 0 spiro atoms.